The highest BCUT2D eigenvalue weighted by Crippen LogP contribution is 2.47. The fourth-order valence-electron chi connectivity index (χ4n) is 2.60. The molecule has 2 aliphatic rings. The smallest absolute Gasteiger partial charge is 0.353 e. The van der Waals surface area contributed by atoms with Gasteiger partial charge in [-0.3, -0.25) is 9.59 Å². The number of rotatable bonds is 5. The summed E-state index contributed by atoms with van der Waals surface area (Å²) in [5.41, 5.74) is -0.0284. The Morgan fingerprint density at radius 1 is 1.52 bits per heavy atom. The van der Waals surface area contributed by atoms with E-state index in [4.69, 9.17) is 0 Å². The topological polar surface area (TPSA) is 107 Å². The molecule has 0 aromatic carbocycles. The zero-order valence-corrected chi connectivity index (χ0v) is 12.4. The van der Waals surface area contributed by atoms with E-state index in [1.165, 1.54) is 24.9 Å². The fraction of sp³-hybridized carbons (Fsp3) is 0.462. The van der Waals surface area contributed by atoms with Gasteiger partial charge in [0, 0.05) is 24.4 Å². The number of carboxylic acid groups (broad SMARTS) is 1. The minimum atomic E-state index is -1.16. The Hall–Kier alpha value is -1.80. The molecule has 2 rings (SSSR count). The van der Waals surface area contributed by atoms with Crippen LogP contribution in [0.1, 0.15) is 20.3 Å². The lowest BCUT2D eigenvalue weighted by atomic mass is 9.83. The third kappa shape index (κ3) is 2.81. The van der Waals surface area contributed by atoms with Crippen molar-refractivity contribution in [2.24, 2.45) is 5.92 Å². The van der Waals surface area contributed by atoms with Gasteiger partial charge in [-0.1, -0.05) is 11.8 Å². The van der Waals surface area contributed by atoms with Crippen molar-refractivity contribution in [1.82, 2.24) is 10.2 Å². The van der Waals surface area contributed by atoms with Gasteiger partial charge < -0.3 is 20.4 Å². The van der Waals surface area contributed by atoms with Crippen LogP contribution in [0.4, 0.5) is 0 Å². The molecule has 0 spiro atoms. The molecule has 2 heterocycles. The molecular formula is C13H16N2O5S. The van der Waals surface area contributed by atoms with Crippen LogP contribution < -0.4 is 5.32 Å². The van der Waals surface area contributed by atoms with Crippen LogP contribution >= 0.6 is 11.8 Å². The van der Waals surface area contributed by atoms with E-state index >= 15 is 0 Å². The van der Waals surface area contributed by atoms with E-state index in [0.717, 1.165) is 11.8 Å². The van der Waals surface area contributed by atoms with Crippen LogP contribution in [0, 0.1) is 5.92 Å². The normalized spacial score (nSPS) is 25.9. The van der Waals surface area contributed by atoms with Crippen LogP contribution in [-0.4, -0.2) is 45.0 Å². The van der Waals surface area contributed by atoms with Gasteiger partial charge in [0.15, 0.2) is 0 Å². The number of aliphatic hydroxyl groups is 1. The van der Waals surface area contributed by atoms with Crippen molar-refractivity contribution in [3.05, 3.63) is 22.2 Å². The number of carbonyl (C=O) groups is 3. The van der Waals surface area contributed by atoms with Gasteiger partial charge in [0.25, 0.3) is 0 Å². The molecule has 0 radical (unpaired) electrons. The molecule has 7 nitrogen and oxygen atoms in total. The Kier molecular flexibility index (Phi) is 4.38. The average Bonchev–Trinajstić information content (AvgIpc) is 2.68. The Bertz CT molecular complexity index is 555. The number of amides is 2. The van der Waals surface area contributed by atoms with Crippen molar-refractivity contribution >= 4 is 29.5 Å². The van der Waals surface area contributed by atoms with Crippen molar-refractivity contribution in [2.75, 3.05) is 0 Å². The number of carboxylic acids is 1. The second-order valence-corrected chi connectivity index (χ2v) is 5.94. The largest absolute Gasteiger partial charge is 0.477 e. The van der Waals surface area contributed by atoms with Gasteiger partial charge in [-0.25, -0.2) is 4.79 Å². The second kappa shape index (κ2) is 5.90. The molecule has 8 heteroatoms. The fourth-order valence-corrected chi connectivity index (χ4v) is 3.47. The zero-order chi connectivity index (χ0) is 15.7. The van der Waals surface area contributed by atoms with Gasteiger partial charge in [0.2, 0.25) is 11.8 Å². The monoisotopic (exact) mass is 312 g/mol. The highest BCUT2D eigenvalue weighted by atomic mass is 32.2. The number of aliphatic hydroxyl groups excluding tert-OH is 1. The molecule has 3 atom stereocenters. The van der Waals surface area contributed by atoms with Gasteiger partial charge in [-0.05, 0) is 12.3 Å². The van der Waals surface area contributed by atoms with Crippen LogP contribution in [0.5, 0.6) is 0 Å². The van der Waals surface area contributed by atoms with Crippen molar-refractivity contribution in [3.63, 3.8) is 0 Å². The Morgan fingerprint density at radius 2 is 2.19 bits per heavy atom. The molecule has 114 valence electrons. The van der Waals surface area contributed by atoms with Crippen molar-refractivity contribution < 1.29 is 24.6 Å². The first kappa shape index (κ1) is 15.6. The third-order valence-electron chi connectivity index (χ3n) is 3.46. The first-order valence-electron chi connectivity index (χ1n) is 6.41. The molecule has 2 amide bonds. The zero-order valence-electron chi connectivity index (χ0n) is 11.6. The number of hydrogen-bond donors (Lipinski definition) is 3. The van der Waals surface area contributed by atoms with Crippen LogP contribution in [0.25, 0.3) is 0 Å². The molecule has 21 heavy (non-hydrogen) atoms. The van der Waals surface area contributed by atoms with E-state index in [0.29, 0.717) is 11.3 Å². The number of carbonyl (C=O) groups excluding carboxylic acids is 2. The standard InChI is InChI=1S/C13H16N2O5S/c1-6(16)10-8-5-9(21-4-3-14-7(2)17)11(13(19)20)15(8)12(10)18/h3-4,6,8,10,16H,5H2,1-2H3,(H,14,17)(H,19,20)/t6?,8-,10?/m1/s1. The first-order chi connectivity index (χ1) is 9.84. The molecule has 0 bridgehead atoms. The van der Waals surface area contributed by atoms with Crippen molar-refractivity contribution in [1.29, 1.82) is 0 Å². The highest BCUT2D eigenvalue weighted by Gasteiger charge is 2.56. The first-order valence-corrected chi connectivity index (χ1v) is 7.29. The van der Waals surface area contributed by atoms with E-state index in [9.17, 15) is 24.6 Å². The summed E-state index contributed by atoms with van der Waals surface area (Å²) in [6, 6.07) is -0.291. The predicted molar refractivity (Wildman–Crippen MR) is 75.6 cm³/mol. The van der Waals surface area contributed by atoms with E-state index < -0.39 is 18.0 Å². The average molecular weight is 312 g/mol. The maximum absolute atomic E-state index is 11.9. The number of hydrogen-bond acceptors (Lipinski definition) is 5. The van der Waals surface area contributed by atoms with E-state index in [1.807, 2.05) is 0 Å². The molecule has 0 aromatic rings. The van der Waals surface area contributed by atoms with Crippen molar-refractivity contribution in [3.8, 4) is 0 Å². The van der Waals surface area contributed by atoms with Crippen LogP contribution in [-0.2, 0) is 14.4 Å². The summed E-state index contributed by atoms with van der Waals surface area (Å²) in [5.74, 6) is -2.28. The lowest BCUT2D eigenvalue weighted by molar-refractivity contribution is -0.161. The summed E-state index contributed by atoms with van der Waals surface area (Å²) in [6.45, 7) is 2.90. The predicted octanol–water partition coefficient (Wildman–Crippen LogP) is 0.235. The number of nitrogens with zero attached hydrogens (tertiary/aromatic N) is 1. The van der Waals surface area contributed by atoms with E-state index in [-0.39, 0.29) is 23.6 Å². The summed E-state index contributed by atoms with van der Waals surface area (Å²) in [4.78, 5) is 35.8. The number of β-lactam (4-membered cyclic amide) rings is 1. The maximum Gasteiger partial charge on any atom is 0.353 e. The molecule has 0 aromatic heterocycles. The summed E-state index contributed by atoms with van der Waals surface area (Å²) in [7, 11) is 0. The SMILES string of the molecule is CC(=O)NC=CSC1=C(C(=O)O)N2C(=O)C(C(C)O)[C@H]2C1. The third-order valence-corrected chi connectivity index (χ3v) is 4.37. The highest BCUT2D eigenvalue weighted by molar-refractivity contribution is 8.05. The number of thioether (sulfide) groups is 1. The molecule has 1 saturated heterocycles. The maximum atomic E-state index is 11.9. The molecule has 3 N–H and O–H groups in total. The number of aliphatic carboxylic acids is 1. The number of fused-ring (bicyclic) bond motifs is 1. The molecule has 0 aliphatic carbocycles. The summed E-state index contributed by atoms with van der Waals surface area (Å²) in [6.07, 6.45) is 1.02. The molecule has 2 aliphatic heterocycles. The Balaban J connectivity index is 2.13. The Morgan fingerprint density at radius 3 is 2.71 bits per heavy atom. The summed E-state index contributed by atoms with van der Waals surface area (Å²) < 4.78 is 0. The van der Waals surface area contributed by atoms with Crippen molar-refractivity contribution in [2.45, 2.75) is 32.4 Å². The molecule has 2 unspecified atom stereocenters. The van der Waals surface area contributed by atoms with Crippen LogP contribution in [0.2, 0.25) is 0 Å². The van der Waals surface area contributed by atoms with E-state index in [1.54, 1.807) is 5.41 Å². The minimum Gasteiger partial charge on any atom is -0.477 e. The van der Waals surface area contributed by atoms with Gasteiger partial charge in [0.05, 0.1) is 18.1 Å². The summed E-state index contributed by atoms with van der Waals surface area (Å²) in [5, 5.41) is 22.9. The van der Waals surface area contributed by atoms with Gasteiger partial charge in [0.1, 0.15) is 5.70 Å². The lowest BCUT2D eigenvalue weighted by Gasteiger charge is -2.44. The van der Waals surface area contributed by atoms with Gasteiger partial charge in [-0.2, -0.15) is 0 Å². The number of nitrogens with one attached hydrogen (secondary N) is 1. The quantitative estimate of drug-likeness (QED) is 0.628. The van der Waals surface area contributed by atoms with E-state index in [2.05, 4.69) is 5.32 Å². The summed E-state index contributed by atoms with van der Waals surface area (Å²) >= 11 is 1.15. The Labute approximate surface area is 125 Å². The molecule has 0 saturated carbocycles. The van der Waals surface area contributed by atoms with Gasteiger partial charge >= 0.3 is 5.97 Å². The lowest BCUT2D eigenvalue weighted by Crippen LogP contribution is -2.61. The van der Waals surface area contributed by atoms with Crippen LogP contribution in [0.3, 0.4) is 0 Å². The van der Waals surface area contributed by atoms with Gasteiger partial charge in [-0.15, -0.1) is 0 Å². The van der Waals surface area contributed by atoms with Crippen LogP contribution in [0.15, 0.2) is 22.2 Å². The molecular weight excluding hydrogens is 296 g/mol. The second-order valence-electron chi connectivity index (χ2n) is 4.94. The molecule has 1 fully saturated rings. The minimum absolute atomic E-state index is 0.0284.